The summed E-state index contributed by atoms with van der Waals surface area (Å²) in [5.74, 6) is -1.06. The Kier molecular flexibility index (Phi) is 6.12. The monoisotopic (exact) mass is 431 g/mol. The first-order valence-electron chi connectivity index (χ1n) is 9.96. The van der Waals surface area contributed by atoms with E-state index in [1.807, 2.05) is 18.2 Å². The highest BCUT2D eigenvalue weighted by Crippen LogP contribution is 2.32. The minimum Gasteiger partial charge on any atom is -0.493 e. The number of hydrogen-bond acceptors (Lipinski definition) is 7. The lowest BCUT2D eigenvalue weighted by Crippen LogP contribution is -2.24. The Labute approximate surface area is 183 Å². The average molecular weight is 431 g/mol. The second kappa shape index (κ2) is 9.30. The van der Waals surface area contributed by atoms with Crippen LogP contribution >= 0.6 is 0 Å². The minimum atomic E-state index is -0.746. The van der Waals surface area contributed by atoms with Gasteiger partial charge in [0.05, 0.1) is 24.8 Å². The fraction of sp³-hybridized carbons (Fsp3) is 0.167. The number of nitrogens with zero attached hydrogens (tertiary/aromatic N) is 3. The summed E-state index contributed by atoms with van der Waals surface area (Å²) < 4.78 is 11.9. The van der Waals surface area contributed by atoms with Gasteiger partial charge in [0.15, 0.2) is 0 Å². The van der Waals surface area contributed by atoms with Crippen LogP contribution in [-0.2, 0) is 16.1 Å². The van der Waals surface area contributed by atoms with Crippen molar-refractivity contribution in [3.8, 4) is 11.6 Å². The molecule has 0 amide bonds. The largest absolute Gasteiger partial charge is 0.493 e. The summed E-state index contributed by atoms with van der Waals surface area (Å²) in [6.07, 6.45) is 3.13. The molecule has 0 bridgehead atoms. The summed E-state index contributed by atoms with van der Waals surface area (Å²) in [6.45, 7) is 0.308. The zero-order valence-electron chi connectivity index (χ0n) is 17.3. The van der Waals surface area contributed by atoms with E-state index in [1.54, 1.807) is 54.9 Å². The molecule has 0 saturated heterocycles. The average Bonchev–Trinajstić information content (AvgIpc) is 2.83. The van der Waals surface area contributed by atoms with Crippen LogP contribution in [0.25, 0.3) is 5.65 Å². The highest BCUT2D eigenvalue weighted by atomic mass is 16.5. The van der Waals surface area contributed by atoms with Gasteiger partial charge < -0.3 is 14.6 Å². The molecule has 8 nitrogen and oxygen atoms in total. The SMILES string of the molecule is COC(=O)CC(c1ccc(OCc2ccccn2)cc1)c1c(O)nc2ccccn2c1=O. The zero-order chi connectivity index (χ0) is 22.5. The van der Waals surface area contributed by atoms with Gasteiger partial charge in [-0.3, -0.25) is 19.0 Å². The summed E-state index contributed by atoms with van der Waals surface area (Å²) in [6, 6.07) is 17.6. The van der Waals surface area contributed by atoms with Gasteiger partial charge >= 0.3 is 5.97 Å². The summed E-state index contributed by atoms with van der Waals surface area (Å²) in [7, 11) is 1.28. The van der Waals surface area contributed by atoms with Crippen LogP contribution in [0.15, 0.2) is 77.9 Å². The molecule has 32 heavy (non-hydrogen) atoms. The number of methoxy groups -OCH3 is 1. The van der Waals surface area contributed by atoms with Gasteiger partial charge in [0.1, 0.15) is 18.0 Å². The normalized spacial score (nSPS) is 11.8. The van der Waals surface area contributed by atoms with E-state index in [-0.39, 0.29) is 12.0 Å². The van der Waals surface area contributed by atoms with Gasteiger partial charge in [-0.05, 0) is 42.0 Å². The highest BCUT2D eigenvalue weighted by Gasteiger charge is 2.27. The molecule has 0 saturated carbocycles. The molecule has 0 radical (unpaired) electrons. The van der Waals surface area contributed by atoms with E-state index in [0.717, 1.165) is 5.69 Å². The van der Waals surface area contributed by atoms with Crippen molar-refractivity contribution >= 4 is 11.6 Å². The van der Waals surface area contributed by atoms with Crippen LogP contribution in [0.5, 0.6) is 11.6 Å². The third kappa shape index (κ3) is 4.44. The van der Waals surface area contributed by atoms with Crippen molar-refractivity contribution in [3.05, 3.63) is 100 Å². The Morgan fingerprint density at radius 1 is 1.09 bits per heavy atom. The zero-order valence-corrected chi connectivity index (χ0v) is 17.3. The topological polar surface area (TPSA) is 103 Å². The molecule has 8 heteroatoms. The molecular formula is C24H21N3O5. The Bertz CT molecular complexity index is 1290. The van der Waals surface area contributed by atoms with Crippen LogP contribution in [0.4, 0.5) is 0 Å². The fourth-order valence-electron chi connectivity index (χ4n) is 3.47. The van der Waals surface area contributed by atoms with E-state index < -0.39 is 23.3 Å². The van der Waals surface area contributed by atoms with Gasteiger partial charge in [0, 0.05) is 18.3 Å². The fourth-order valence-corrected chi connectivity index (χ4v) is 3.47. The van der Waals surface area contributed by atoms with Crippen LogP contribution in [0.3, 0.4) is 0 Å². The molecule has 1 N–H and O–H groups in total. The molecule has 3 aromatic heterocycles. The molecule has 3 heterocycles. The van der Waals surface area contributed by atoms with E-state index in [9.17, 15) is 14.7 Å². The molecule has 1 aromatic carbocycles. The second-order valence-corrected chi connectivity index (χ2v) is 7.09. The molecule has 0 fully saturated rings. The van der Waals surface area contributed by atoms with Crippen molar-refractivity contribution in [1.29, 1.82) is 0 Å². The van der Waals surface area contributed by atoms with E-state index >= 15 is 0 Å². The third-order valence-corrected chi connectivity index (χ3v) is 5.09. The lowest BCUT2D eigenvalue weighted by molar-refractivity contribution is -0.140. The summed E-state index contributed by atoms with van der Waals surface area (Å²) in [5.41, 5.74) is 1.33. The Balaban J connectivity index is 1.67. The summed E-state index contributed by atoms with van der Waals surface area (Å²) >= 11 is 0. The Morgan fingerprint density at radius 3 is 2.59 bits per heavy atom. The lowest BCUT2D eigenvalue weighted by atomic mass is 9.89. The first kappa shape index (κ1) is 21.0. The maximum atomic E-state index is 13.1. The van der Waals surface area contributed by atoms with Crippen LogP contribution in [0, 0.1) is 0 Å². The van der Waals surface area contributed by atoms with E-state index in [2.05, 4.69) is 9.97 Å². The van der Waals surface area contributed by atoms with Gasteiger partial charge in [-0.2, -0.15) is 4.98 Å². The number of carbonyl (C=O) groups excluding carboxylic acids is 1. The van der Waals surface area contributed by atoms with Gasteiger partial charge in [0.25, 0.3) is 5.56 Å². The lowest BCUT2D eigenvalue weighted by Gasteiger charge is -2.18. The molecule has 0 aliphatic rings. The van der Waals surface area contributed by atoms with Gasteiger partial charge in [-0.15, -0.1) is 0 Å². The maximum absolute atomic E-state index is 13.1. The molecule has 0 spiro atoms. The number of aromatic nitrogens is 3. The third-order valence-electron chi connectivity index (χ3n) is 5.09. The van der Waals surface area contributed by atoms with Gasteiger partial charge in [-0.1, -0.05) is 24.3 Å². The highest BCUT2D eigenvalue weighted by molar-refractivity contribution is 5.71. The molecule has 1 unspecified atom stereocenters. The molecule has 4 rings (SSSR count). The second-order valence-electron chi connectivity index (χ2n) is 7.09. The van der Waals surface area contributed by atoms with Crippen LogP contribution in [0.1, 0.15) is 29.2 Å². The molecule has 0 aliphatic carbocycles. The molecule has 162 valence electrons. The molecule has 1 atom stereocenters. The number of benzene rings is 1. The molecule has 4 aromatic rings. The summed E-state index contributed by atoms with van der Waals surface area (Å²) in [5, 5.41) is 10.6. The van der Waals surface area contributed by atoms with E-state index in [0.29, 0.717) is 23.6 Å². The van der Waals surface area contributed by atoms with Crippen LogP contribution in [0.2, 0.25) is 0 Å². The molecule has 0 aliphatic heterocycles. The number of esters is 1. The van der Waals surface area contributed by atoms with Crippen molar-refractivity contribution in [3.63, 3.8) is 0 Å². The number of fused-ring (bicyclic) bond motifs is 1. The van der Waals surface area contributed by atoms with Crippen molar-refractivity contribution in [1.82, 2.24) is 14.4 Å². The van der Waals surface area contributed by atoms with Crippen molar-refractivity contribution in [2.24, 2.45) is 0 Å². The van der Waals surface area contributed by atoms with E-state index in [1.165, 1.54) is 11.5 Å². The standard InChI is InChI=1S/C24H21N3O5/c1-31-21(28)14-19(22-23(29)26-20-7-3-5-13-27(20)24(22)30)16-8-10-18(11-9-16)32-15-17-6-2-4-12-25-17/h2-13,19,29H,14-15H2,1H3. The maximum Gasteiger partial charge on any atom is 0.306 e. The van der Waals surface area contributed by atoms with Crippen molar-refractivity contribution < 1.29 is 19.4 Å². The number of carbonyl (C=O) groups is 1. The first-order valence-corrected chi connectivity index (χ1v) is 9.96. The van der Waals surface area contributed by atoms with Gasteiger partial charge in [-0.25, -0.2) is 0 Å². The predicted octanol–water partition coefficient (Wildman–Crippen LogP) is 3.07. The number of ether oxygens (including phenoxy) is 2. The van der Waals surface area contributed by atoms with Crippen LogP contribution in [-0.4, -0.2) is 32.6 Å². The number of aromatic hydroxyl groups is 1. The van der Waals surface area contributed by atoms with Crippen LogP contribution < -0.4 is 10.3 Å². The number of hydrogen-bond donors (Lipinski definition) is 1. The minimum absolute atomic E-state index is 0.0289. The first-order chi connectivity index (χ1) is 15.6. The number of pyridine rings is 2. The van der Waals surface area contributed by atoms with E-state index in [4.69, 9.17) is 9.47 Å². The Morgan fingerprint density at radius 2 is 1.88 bits per heavy atom. The van der Waals surface area contributed by atoms with Crippen molar-refractivity contribution in [2.75, 3.05) is 7.11 Å². The number of rotatable bonds is 7. The summed E-state index contributed by atoms with van der Waals surface area (Å²) in [4.78, 5) is 33.6. The van der Waals surface area contributed by atoms with Gasteiger partial charge in [0.2, 0.25) is 5.88 Å². The molecular weight excluding hydrogens is 410 g/mol. The predicted molar refractivity (Wildman–Crippen MR) is 117 cm³/mol. The Hall–Kier alpha value is -4.20. The van der Waals surface area contributed by atoms with Crippen molar-refractivity contribution in [2.45, 2.75) is 18.9 Å². The quantitative estimate of drug-likeness (QED) is 0.449. The smallest absolute Gasteiger partial charge is 0.306 e.